The average molecular weight is 229 g/mol. The van der Waals surface area contributed by atoms with Crippen LogP contribution in [0.15, 0.2) is 11.5 Å². The van der Waals surface area contributed by atoms with Gasteiger partial charge in [-0.1, -0.05) is 27.4 Å². The molecule has 0 rings (SSSR count). The van der Waals surface area contributed by atoms with Crippen LogP contribution in [0.1, 0.15) is 20.8 Å². The summed E-state index contributed by atoms with van der Waals surface area (Å²) in [6.07, 6.45) is 0. The van der Waals surface area contributed by atoms with Crippen molar-refractivity contribution in [2.75, 3.05) is 0 Å². The minimum Gasteiger partial charge on any atom is -0.644 e. The maximum atomic E-state index is 11.0. The smallest absolute Gasteiger partial charge is 0.644 e. The van der Waals surface area contributed by atoms with Gasteiger partial charge >= 0.3 is 29.6 Å². The molecule has 0 heterocycles. The van der Waals surface area contributed by atoms with Gasteiger partial charge < -0.3 is 10.1 Å². The Labute approximate surface area is 106 Å². The van der Waals surface area contributed by atoms with Crippen LogP contribution in [0.2, 0.25) is 0 Å². The van der Waals surface area contributed by atoms with Gasteiger partial charge in [-0.3, -0.25) is 4.55 Å². The zero-order valence-electron chi connectivity index (χ0n) is 8.73. The molecule has 0 aliphatic heterocycles. The summed E-state index contributed by atoms with van der Waals surface area (Å²) in [6.45, 7) is 7.81. The van der Waals surface area contributed by atoms with E-state index >= 15 is 0 Å². The third-order valence-electron chi connectivity index (χ3n) is 0.987. The van der Waals surface area contributed by atoms with Crippen LogP contribution >= 0.6 is 0 Å². The van der Waals surface area contributed by atoms with Crippen molar-refractivity contribution in [3.05, 3.63) is 16.8 Å². The van der Waals surface area contributed by atoms with Gasteiger partial charge in [0.25, 0.3) is 10.1 Å². The Morgan fingerprint density at radius 2 is 1.71 bits per heavy atom. The molecule has 0 fully saturated rings. The minimum atomic E-state index is -4.51. The maximum Gasteiger partial charge on any atom is 1.00 e. The van der Waals surface area contributed by atoms with E-state index in [0.717, 1.165) is 0 Å². The normalized spacial score (nSPS) is 11.4. The number of rotatable bonds is 2. The molecule has 0 atom stereocenters. The monoisotopic (exact) mass is 229 g/mol. The Morgan fingerprint density at radius 1 is 1.36 bits per heavy atom. The molecule has 1 amide bonds. The molecule has 0 saturated carbocycles. The Morgan fingerprint density at radius 3 is 1.93 bits per heavy atom. The molecule has 0 aromatic carbocycles. The summed E-state index contributed by atoms with van der Waals surface area (Å²) in [5.41, 5.74) is -0.690. The van der Waals surface area contributed by atoms with E-state index in [0.29, 0.717) is 0 Å². The fourth-order valence-electron chi connectivity index (χ4n) is 0.477. The van der Waals surface area contributed by atoms with E-state index < -0.39 is 26.5 Å². The zero-order valence-corrected chi connectivity index (χ0v) is 11.6. The summed E-state index contributed by atoms with van der Waals surface area (Å²) >= 11 is 0. The third kappa shape index (κ3) is 6.56. The molecule has 76 valence electrons. The molecular weight excluding hydrogens is 217 g/mol. The molecule has 14 heavy (non-hydrogen) atoms. The number of hydrogen-bond donors (Lipinski definition) is 1. The van der Waals surface area contributed by atoms with Crippen LogP contribution in [0, 0.1) is 0 Å². The van der Waals surface area contributed by atoms with Gasteiger partial charge in [0.15, 0.2) is 0 Å². The summed E-state index contributed by atoms with van der Waals surface area (Å²) < 4.78 is 29.3. The second-order valence-electron chi connectivity index (χ2n) is 3.49. The van der Waals surface area contributed by atoms with Gasteiger partial charge in [0.1, 0.15) is 4.91 Å². The Bertz CT molecular complexity index is 328. The van der Waals surface area contributed by atoms with Crippen molar-refractivity contribution in [1.82, 2.24) is 0 Å². The first-order chi connectivity index (χ1) is 5.54. The van der Waals surface area contributed by atoms with Gasteiger partial charge in [-0.2, -0.15) is 8.42 Å². The van der Waals surface area contributed by atoms with Crippen molar-refractivity contribution in [3.63, 3.8) is 0 Å². The summed E-state index contributed by atoms with van der Waals surface area (Å²) in [7, 11) is -4.51. The average Bonchev–Trinajstić information content (AvgIpc) is 1.79. The molecule has 5 nitrogen and oxygen atoms in total. The number of carbonyl (C=O) groups is 1. The van der Waals surface area contributed by atoms with E-state index in [2.05, 4.69) is 11.9 Å². The molecule has 0 aliphatic rings. The van der Waals surface area contributed by atoms with Gasteiger partial charge in [-0.05, 0) is 0 Å². The van der Waals surface area contributed by atoms with Crippen LogP contribution in [0.5, 0.6) is 0 Å². The molecule has 0 unspecified atom stereocenters. The fraction of sp³-hybridized carbons (Fsp3) is 0.571. The molecule has 7 heteroatoms. The molecule has 1 N–H and O–H groups in total. The first-order valence-corrected chi connectivity index (χ1v) is 4.91. The van der Waals surface area contributed by atoms with Gasteiger partial charge in [0.05, 0.1) is 5.91 Å². The third-order valence-corrected chi connectivity index (χ3v) is 1.78. The zero-order chi connectivity index (χ0) is 10.9. The Hall–Kier alpha value is 0.120. The molecule has 0 bridgehead atoms. The van der Waals surface area contributed by atoms with Crippen molar-refractivity contribution < 1.29 is 47.3 Å². The Balaban J connectivity index is 0. The van der Waals surface area contributed by atoms with Crippen molar-refractivity contribution in [2.45, 2.75) is 26.3 Å². The van der Waals surface area contributed by atoms with Crippen LogP contribution in [-0.4, -0.2) is 24.4 Å². The largest absolute Gasteiger partial charge is 1.00 e. The van der Waals surface area contributed by atoms with Crippen LogP contribution in [0.25, 0.3) is 5.32 Å². The summed E-state index contributed by atoms with van der Waals surface area (Å²) in [5.74, 6) is -1.02. The van der Waals surface area contributed by atoms with Gasteiger partial charge in [-0.25, -0.2) is 0 Å². The number of nitrogens with zero attached hydrogens (tertiary/aromatic N) is 1. The van der Waals surface area contributed by atoms with Crippen molar-refractivity contribution in [2.24, 2.45) is 0 Å². The summed E-state index contributed by atoms with van der Waals surface area (Å²) in [4.78, 5) is 10.1. The van der Waals surface area contributed by atoms with Crippen LogP contribution < -0.4 is 29.6 Å². The van der Waals surface area contributed by atoms with Crippen molar-refractivity contribution >= 4 is 16.0 Å². The molecule has 0 aromatic rings. The van der Waals surface area contributed by atoms with Crippen molar-refractivity contribution in [1.29, 1.82) is 0 Å². The van der Waals surface area contributed by atoms with E-state index in [9.17, 15) is 13.2 Å². The number of hydrogen-bond acceptors (Lipinski definition) is 3. The van der Waals surface area contributed by atoms with Gasteiger partial charge in [-0.15, -0.1) is 5.54 Å². The predicted octanol–water partition coefficient (Wildman–Crippen LogP) is -1.91. The van der Waals surface area contributed by atoms with Crippen molar-refractivity contribution in [3.8, 4) is 0 Å². The second kappa shape index (κ2) is 5.27. The minimum absolute atomic E-state index is 0. The van der Waals surface area contributed by atoms with Crippen LogP contribution in [0.3, 0.4) is 0 Å². The standard InChI is InChI=1S/C7H13NO4S.Na/c1-5(13(10,11)12)6(9)8-7(2,3)4;/h1H2,2-4H3,(H2,8,9,10,11,12);/q;+1/p-1. The summed E-state index contributed by atoms with van der Waals surface area (Å²) in [6, 6.07) is 0. The Kier molecular flexibility index (Phi) is 6.23. The van der Waals surface area contributed by atoms with Gasteiger partial charge in [0, 0.05) is 0 Å². The quantitative estimate of drug-likeness (QED) is 0.340. The molecule has 0 aliphatic carbocycles. The molecule has 0 aromatic heterocycles. The second-order valence-corrected chi connectivity index (χ2v) is 4.93. The van der Waals surface area contributed by atoms with Gasteiger partial charge in [0.2, 0.25) is 0 Å². The molecule has 0 radical (unpaired) electrons. The number of amides is 1. The van der Waals surface area contributed by atoms with E-state index in [-0.39, 0.29) is 29.6 Å². The first-order valence-electron chi connectivity index (χ1n) is 3.47. The molecule has 0 spiro atoms. The van der Waals surface area contributed by atoms with E-state index in [1.54, 1.807) is 20.8 Å². The molecular formula is C7H12NNaO4S. The van der Waals surface area contributed by atoms with E-state index in [4.69, 9.17) is 4.55 Å². The first kappa shape index (κ1) is 16.5. The van der Waals surface area contributed by atoms with Crippen LogP contribution in [0.4, 0.5) is 0 Å². The SMILES string of the molecule is C=C(C(=O)[N-]C(C)(C)C)S(=O)(=O)O.[Na+]. The van der Waals surface area contributed by atoms with Crippen LogP contribution in [-0.2, 0) is 14.9 Å². The van der Waals surface area contributed by atoms with E-state index in [1.807, 2.05) is 0 Å². The maximum absolute atomic E-state index is 11.0. The molecule has 0 saturated heterocycles. The summed E-state index contributed by atoms with van der Waals surface area (Å²) in [5, 5.41) is 3.50. The van der Waals surface area contributed by atoms with E-state index in [1.165, 1.54) is 0 Å². The predicted molar refractivity (Wildman–Crippen MR) is 48.8 cm³/mol. The fourth-order valence-corrected chi connectivity index (χ4v) is 0.744. The topological polar surface area (TPSA) is 85.5 Å². The number of carbonyl (C=O) groups excluding carboxylic acids is 1.